The second-order valence-corrected chi connectivity index (χ2v) is 9.19. The molecule has 0 bridgehead atoms. The fraction of sp³-hybridized carbons (Fsp3) is 0.435. The van der Waals surface area contributed by atoms with E-state index in [0.29, 0.717) is 17.1 Å². The molecule has 2 aromatic rings. The van der Waals surface area contributed by atoms with Gasteiger partial charge in [-0.2, -0.15) is 0 Å². The molecule has 1 heterocycles. The lowest BCUT2D eigenvalue weighted by atomic mass is 9.94. The van der Waals surface area contributed by atoms with Crippen LogP contribution < -0.4 is 16.4 Å². The van der Waals surface area contributed by atoms with Crippen molar-refractivity contribution in [3.63, 3.8) is 0 Å². The maximum Gasteiger partial charge on any atom is 0.318 e. The normalized spacial score (nSPS) is 14.1. The molecule has 0 spiro atoms. The number of benzene rings is 1. The Hall–Kier alpha value is -2.87. The van der Waals surface area contributed by atoms with Gasteiger partial charge in [-0.3, -0.25) is 9.59 Å². The van der Waals surface area contributed by atoms with E-state index in [2.05, 4.69) is 10.6 Å². The summed E-state index contributed by atoms with van der Waals surface area (Å²) >= 11 is 1.32. The molecule has 31 heavy (non-hydrogen) atoms. The maximum absolute atomic E-state index is 13.0. The molecule has 7 nitrogen and oxygen atoms in total. The van der Waals surface area contributed by atoms with Crippen LogP contribution >= 0.6 is 11.3 Å². The number of nitrogens with two attached hydrogens (primary N) is 1. The molecule has 8 heteroatoms. The topological polar surface area (TPSA) is 105 Å². The summed E-state index contributed by atoms with van der Waals surface area (Å²) in [5.74, 6) is -0.897. The quantitative estimate of drug-likeness (QED) is 0.605. The number of thiophene rings is 1. The highest BCUT2D eigenvalue weighted by molar-refractivity contribution is 7.16. The van der Waals surface area contributed by atoms with E-state index in [1.54, 1.807) is 4.90 Å². The molecule has 3 rings (SSSR count). The third kappa shape index (κ3) is 5.85. The van der Waals surface area contributed by atoms with Crippen LogP contribution in [-0.4, -0.2) is 35.3 Å². The first-order chi connectivity index (χ1) is 14.9. The summed E-state index contributed by atoms with van der Waals surface area (Å²) in [7, 11) is 0. The lowest BCUT2D eigenvalue weighted by Gasteiger charge is -2.34. The Morgan fingerprint density at radius 2 is 1.77 bits per heavy atom. The molecular weight excluding hydrogens is 412 g/mol. The number of amides is 4. The van der Waals surface area contributed by atoms with Gasteiger partial charge in [-0.15, -0.1) is 11.3 Å². The molecule has 0 radical (unpaired) electrons. The lowest BCUT2D eigenvalue weighted by Crippen LogP contribution is -2.49. The van der Waals surface area contributed by atoms with Gasteiger partial charge in [-0.05, 0) is 37.8 Å². The zero-order valence-corrected chi connectivity index (χ0v) is 18.9. The maximum atomic E-state index is 13.0. The summed E-state index contributed by atoms with van der Waals surface area (Å²) in [5.41, 5.74) is 7.62. The van der Waals surface area contributed by atoms with Crippen molar-refractivity contribution in [1.82, 2.24) is 10.2 Å². The van der Waals surface area contributed by atoms with Crippen LogP contribution in [0, 0.1) is 13.8 Å². The molecule has 4 amide bonds. The average Bonchev–Trinajstić information content (AvgIpc) is 3.04. The highest BCUT2D eigenvalue weighted by Gasteiger charge is 2.28. The first kappa shape index (κ1) is 22.8. The van der Waals surface area contributed by atoms with Gasteiger partial charge in [0, 0.05) is 17.5 Å². The predicted molar refractivity (Wildman–Crippen MR) is 123 cm³/mol. The molecule has 166 valence electrons. The average molecular weight is 443 g/mol. The number of primary amides is 1. The number of urea groups is 1. The van der Waals surface area contributed by atoms with Crippen molar-refractivity contribution in [2.75, 3.05) is 11.9 Å². The van der Waals surface area contributed by atoms with E-state index in [-0.39, 0.29) is 24.5 Å². The highest BCUT2D eigenvalue weighted by atomic mass is 32.1. The zero-order valence-electron chi connectivity index (χ0n) is 18.1. The van der Waals surface area contributed by atoms with Crippen LogP contribution in [0.4, 0.5) is 9.80 Å². The Labute approximate surface area is 187 Å². The summed E-state index contributed by atoms with van der Waals surface area (Å²) in [6.07, 6.45) is 5.01. The standard InChI is InChI=1S/C23H30N4O3S/c1-15-16(2)31-22(20(15)21(24)29)26-19(28)14-27(18-11-7-4-8-12-18)23(30)25-13-17-9-5-3-6-10-17/h3,5-6,9-10,18H,4,7-8,11-14H2,1-2H3,(H2,24,29)(H,25,30)(H,26,28). The fourth-order valence-corrected chi connectivity index (χ4v) is 5.05. The van der Waals surface area contributed by atoms with E-state index in [9.17, 15) is 14.4 Å². The van der Waals surface area contributed by atoms with E-state index < -0.39 is 5.91 Å². The monoisotopic (exact) mass is 442 g/mol. The van der Waals surface area contributed by atoms with Crippen LogP contribution in [-0.2, 0) is 11.3 Å². The van der Waals surface area contributed by atoms with Crippen LogP contribution in [0.25, 0.3) is 0 Å². The lowest BCUT2D eigenvalue weighted by molar-refractivity contribution is -0.117. The second kappa shape index (κ2) is 10.4. The highest BCUT2D eigenvalue weighted by Crippen LogP contribution is 2.32. The van der Waals surface area contributed by atoms with Gasteiger partial charge in [0.2, 0.25) is 5.91 Å². The smallest absolute Gasteiger partial charge is 0.318 e. The zero-order chi connectivity index (χ0) is 22.4. The van der Waals surface area contributed by atoms with Gasteiger partial charge in [0.15, 0.2) is 0 Å². The number of nitrogens with one attached hydrogen (secondary N) is 2. The number of nitrogens with zero attached hydrogens (tertiary/aromatic N) is 1. The molecular formula is C23H30N4O3S. The van der Waals surface area contributed by atoms with Crippen LogP contribution in [0.5, 0.6) is 0 Å². The third-order valence-corrected chi connectivity index (χ3v) is 6.88. The van der Waals surface area contributed by atoms with Crippen molar-refractivity contribution in [2.45, 2.75) is 58.5 Å². The van der Waals surface area contributed by atoms with E-state index in [0.717, 1.165) is 48.1 Å². The molecule has 0 atom stereocenters. The van der Waals surface area contributed by atoms with E-state index in [4.69, 9.17) is 5.73 Å². The Kier molecular flexibility index (Phi) is 7.68. The minimum Gasteiger partial charge on any atom is -0.365 e. The Morgan fingerprint density at radius 3 is 2.42 bits per heavy atom. The van der Waals surface area contributed by atoms with Crippen molar-refractivity contribution in [1.29, 1.82) is 0 Å². The van der Waals surface area contributed by atoms with E-state index in [1.807, 2.05) is 44.2 Å². The van der Waals surface area contributed by atoms with Crippen LogP contribution in [0.1, 0.15) is 58.5 Å². The van der Waals surface area contributed by atoms with Crippen LogP contribution in [0.15, 0.2) is 30.3 Å². The molecule has 1 saturated carbocycles. The van der Waals surface area contributed by atoms with Gasteiger partial charge < -0.3 is 21.3 Å². The summed E-state index contributed by atoms with van der Waals surface area (Å²) in [4.78, 5) is 40.3. The summed E-state index contributed by atoms with van der Waals surface area (Å²) in [6, 6.07) is 9.45. The Morgan fingerprint density at radius 1 is 1.10 bits per heavy atom. The molecule has 4 N–H and O–H groups in total. The number of aryl methyl sites for hydroxylation is 1. The molecule has 1 aliphatic carbocycles. The van der Waals surface area contributed by atoms with Gasteiger partial charge >= 0.3 is 6.03 Å². The van der Waals surface area contributed by atoms with Crippen molar-refractivity contribution in [3.05, 3.63) is 51.9 Å². The number of hydrogen-bond donors (Lipinski definition) is 3. The van der Waals surface area contributed by atoms with E-state index >= 15 is 0 Å². The van der Waals surface area contributed by atoms with Gasteiger partial charge in [-0.25, -0.2) is 4.79 Å². The molecule has 0 saturated heterocycles. The van der Waals surface area contributed by atoms with Crippen molar-refractivity contribution in [3.8, 4) is 0 Å². The van der Waals surface area contributed by atoms with Gasteiger partial charge in [-0.1, -0.05) is 49.6 Å². The van der Waals surface area contributed by atoms with E-state index in [1.165, 1.54) is 11.3 Å². The number of anilines is 1. The predicted octanol–water partition coefficient (Wildman–Crippen LogP) is 3.95. The van der Waals surface area contributed by atoms with Crippen molar-refractivity contribution < 1.29 is 14.4 Å². The third-order valence-electron chi connectivity index (χ3n) is 5.76. The minimum atomic E-state index is -0.568. The van der Waals surface area contributed by atoms with Crippen LogP contribution in [0.3, 0.4) is 0 Å². The molecule has 1 aliphatic rings. The summed E-state index contributed by atoms with van der Waals surface area (Å²) < 4.78 is 0. The van der Waals surface area contributed by atoms with Crippen molar-refractivity contribution >= 4 is 34.2 Å². The SMILES string of the molecule is Cc1sc(NC(=O)CN(C(=O)NCc2ccccc2)C2CCCCC2)c(C(N)=O)c1C. The number of carbonyl (C=O) groups excluding carboxylic acids is 3. The molecule has 1 aromatic heterocycles. The molecule has 0 unspecified atom stereocenters. The number of hydrogen-bond acceptors (Lipinski definition) is 4. The number of rotatable bonds is 7. The first-order valence-electron chi connectivity index (χ1n) is 10.6. The van der Waals surface area contributed by atoms with Crippen LogP contribution in [0.2, 0.25) is 0 Å². The second-order valence-electron chi connectivity index (χ2n) is 7.96. The van der Waals surface area contributed by atoms with Gasteiger partial charge in [0.05, 0.1) is 5.56 Å². The Balaban J connectivity index is 1.70. The molecule has 1 fully saturated rings. The Bertz CT molecular complexity index is 936. The largest absolute Gasteiger partial charge is 0.365 e. The summed E-state index contributed by atoms with van der Waals surface area (Å²) in [5, 5.41) is 6.20. The minimum absolute atomic E-state index is 0.0256. The first-order valence-corrected chi connectivity index (χ1v) is 11.5. The molecule has 1 aromatic carbocycles. The fourth-order valence-electron chi connectivity index (χ4n) is 3.97. The molecule has 0 aliphatic heterocycles. The van der Waals surface area contributed by atoms with Gasteiger partial charge in [0.1, 0.15) is 11.5 Å². The summed E-state index contributed by atoms with van der Waals surface area (Å²) in [6.45, 7) is 4.03. The number of carbonyl (C=O) groups is 3. The van der Waals surface area contributed by atoms with Crippen molar-refractivity contribution in [2.24, 2.45) is 5.73 Å². The van der Waals surface area contributed by atoms with Gasteiger partial charge in [0.25, 0.3) is 5.91 Å².